The predicted molar refractivity (Wildman–Crippen MR) is 70.1 cm³/mol. The molecule has 2 aliphatic rings. The standard InChI is InChI=1S/C14H15NO6/c16-8-5-9(14(18)19)15(6-8)13(17)12-7-20-10-3-1-2-4-11(10)21-12/h1-4,8-9,12,16H,5-7H2,(H,18,19)/t8-,9-,12?/m1/s1. The number of rotatable bonds is 2. The van der Waals surface area contributed by atoms with Gasteiger partial charge in [0.25, 0.3) is 5.91 Å². The van der Waals surface area contributed by atoms with E-state index in [-0.39, 0.29) is 19.6 Å². The summed E-state index contributed by atoms with van der Waals surface area (Å²) in [6.07, 6.45) is -1.69. The molecular formula is C14H15NO6. The molecule has 0 radical (unpaired) electrons. The fraction of sp³-hybridized carbons (Fsp3) is 0.429. The van der Waals surface area contributed by atoms with Crippen molar-refractivity contribution in [3.05, 3.63) is 24.3 Å². The summed E-state index contributed by atoms with van der Waals surface area (Å²) >= 11 is 0. The molecule has 1 aromatic carbocycles. The van der Waals surface area contributed by atoms with E-state index >= 15 is 0 Å². The van der Waals surface area contributed by atoms with Gasteiger partial charge in [-0.05, 0) is 12.1 Å². The quantitative estimate of drug-likeness (QED) is 0.788. The lowest BCUT2D eigenvalue weighted by atomic mass is 10.2. The lowest BCUT2D eigenvalue weighted by Crippen LogP contribution is -2.50. The van der Waals surface area contributed by atoms with Crippen LogP contribution in [0.2, 0.25) is 0 Å². The van der Waals surface area contributed by atoms with Gasteiger partial charge >= 0.3 is 5.97 Å². The Balaban J connectivity index is 1.76. The number of carbonyl (C=O) groups is 2. The average molecular weight is 293 g/mol. The zero-order valence-corrected chi connectivity index (χ0v) is 11.1. The molecule has 21 heavy (non-hydrogen) atoms. The van der Waals surface area contributed by atoms with Gasteiger partial charge in [-0.3, -0.25) is 4.79 Å². The van der Waals surface area contributed by atoms with Crippen molar-refractivity contribution in [3.63, 3.8) is 0 Å². The van der Waals surface area contributed by atoms with Crippen LogP contribution in [-0.2, 0) is 9.59 Å². The highest BCUT2D eigenvalue weighted by Gasteiger charge is 2.42. The number of likely N-dealkylation sites (tertiary alicyclic amines) is 1. The number of hydrogen-bond acceptors (Lipinski definition) is 5. The predicted octanol–water partition coefficient (Wildman–Crippen LogP) is -0.127. The molecule has 0 saturated carbocycles. The first-order valence-corrected chi connectivity index (χ1v) is 6.66. The van der Waals surface area contributed by atoms with E-state index in [2.05, 4.69) is 0 Å². The number of carbonyl (C=O) groups excluding carboxylic acids is 1. The van der Waals surface area contributed by atoms with E-state index in [9.17, 15) is 14.7 Å². The number of hydrogen-bond donors (Lipinski definition) is 2. The van der Waals surface area contributed by atoms with Crippen LogP contribution in [0.25, 0.3) is 0 Å². The summed E-state index contributed by atoms with van der Waals surface area (Å²) in [4.78, 5) is 24.7. The van der Waals surface area contributed by atoms with Crippen LogP contribution in [0.1, 0.15) is 6.42 Å². The van der Waals surface area contributed by atoms with Crippen molar-refractivity contribution in [1.29, 1.82) is 0 Å². The minimum absolute atomic E-state index is 0.00267. The van der Waals surface area contributed by atoms with Crippen LogP contribution in [0.4, 0.5) is 0 Å². The van der Waals surface area contributed by atoms with Gasteiger partial charge in [0, 0.05) is 13.0 Å². The van der Waals surface area contributed by atoms with E-state index in [1.807, 2.05) is 0 Å². The van der Waals surface area contributed by atoms with E-state index in [1.165, 1.54) is 0 Å². The van der Waals surface area contributed by atoms with Crippen LogP contribution in [0, 0.1) is 0 Å². The number of carboxylic acid groups (broad SMARTS) is 1. The van der Waals surface area contributed by atoms with E-state index in [1.54, 1.807) is 24.3 Å². The molecular weight excluding hydrogens is 278 g/mol. The van der Waals surface area contributed by atoms with Crippen molar-refractivity contribution in [2.75, 3.05) is 13.2 Å². The number of ether oxygens (including phenoxy) is 2. The lowest BCUT2D eigenvalue weighted by Gasteiger charge is -2.30. The average Bonchev–Trinajstić information content (AvgIpc) is 2.88. The Bertz CT molecular complexity index is 574. The molecule has 1 unspecified atom stereocenters. The van der Waals surface area contributed by atoms with Gasteiger partial charge in [0.2, 0.25) is 6.10 Å². The Morgan fingerprint density at radius 3 is 2.67 bits per heavy atom. The minimum Gasteiger partial charge on any atom is -0.485 e. The first-order chi connectivity index (χ1) is 10.1. The molecule has 2 N–H and O–H groups in total. The maximum atomic E-state index is 12.4. The Kier molecular flexibility index (Phi) is 3.42. The summed E-state index contributed by atoms with van der Waals surface area (Å²) in [7, 11) is 0. The minimum atomic E-state index is -1.13. The third-order valence-electron chi connectivity index (χ3n) is 3.63. The van der Waals surface area contributed by atoms with Crippen LogP contribution in [0.15, 0.2) is 24.3 Å². The maximum absolute atomic E-state index is 12.4. The van der Waals surface area contributed by atoms with Crippen molar-refractivity contribution in [2.45, 2.75) is 24.7 Å². The Morgan fingerprint density at radius 1 is 1.24 bits per heavy atom. The van der Waals surface area contributed by atoms with Gasteiger partial charge in [-0.2, -0.15) is 0 Å². The van der Waals surface area contributed by atoms with Gasteiger partial charge in [-0.15, -0.1) is 0 Å². The highest BCUT2D eigenvalue weighted by atomic mass is 16.6. The Labute approximate surface area is 120 Å². The van der Waals surface area contributed by atoms with Crippen LogP contribution in [0.5, 0.6) is 11.5 Å². The number of nitrogens with zero attached hydrogens (tertiary/aromatic N) is 1. The smallest absolute Gasteiger partial charge is 0.326 e. The molecule has 1 aromatic rings. The van der Waals surface area contributed by atoms with Gasteiger partial charge in [0.15, 0.2) is 11.5 Å². The van der Waals surface area contributed by atoms with E-state index in [0.29, 0.717) is 11.5 Å². The first kappa shape index (κ1) is 13.7. The second-order valence-corrected chi connectivity index (χ2v) is 5.10. The number of aliphatic carboxylic acids is 1. The number of β-amino-alcohol motifs (C(OH)–C–C–N with tert-alkyl or cyclic N) is 1. The molecule has 1 fully saturated rings. The van der Waals surface area contributed by atoms with Crippen LogP contribution in [0.3, 0.4) is 0 Å². The monoisotopic (exact) mass is 293 g/mol. The zero-order valence-electron chi connectivity index (χ0n) is 11.1. The van der Waals surface area contributed by atoms with Gasteiger partial charge in [0.05, 0.1) is 6.10 Å². The number of benzene rings is 1. The number of aliphatic hydroxyl groups is 1. The highest BCUT2D eigenvalue weighted by Crippen LogP contribution is 2.32. The van der Waals surface area contributed by atoms with E-state index in [0.717, 1.165) is 4.90 Å². The topological polar surface area (TPSA) is 96.3 Å². The molecule has 112 valence electrons. The molecule has 1 amide bonds. The van der Waals surface area contributed by atoms with Gasteiger partial charge < -0.3 is 24.6 Å². The number of para-hydroxylation sites is 2. The van der Waals surface area contributed by atoms with Crippen LogP contribution in [-0.4, -0.2) is 58.4 Å². The maximum Gasteiger partial charge on any atom is 0.326 e. The van der Waals surface area contributed by atoms with Gasteiger partial charge in [-0.1, -0.05) is 12.1 Å². The van der Waals surface area contributed by atoms with Gasteiger partial charge in [-0.25, -0.2) is 4.79 Å². The third kappa shape index (κ3) is 2.52. The molecule has 7 nitrogen and oxygen atoms in total. The molecule has 7 heteroatoms. The third-order valence-corrected chi connectivity index (χ3v) is 3.63. The fourth-order valence-electron chi connectivity index (χ4n) is 2.62. The summed E-state index contributed by atoms with van der Waals surface area (Å²) in [5, 5.41) is 18.7. The summed E-state index contributed by atoms with van der Waals surface area (Å²) in [6.45, 7) is 0.0199. The summed E-state index contributed by atoms with van der Waals surface area (Å²) < 4.78 is 11.0. The van der Waals surface area contributed by atoms with Crippen molar-refractivity contribution >= 4 is 11.9 Å². The van der Waals surface area contributed by atoms with Crippen LogP contribution < -0.4 is 9.47 Å². The number of aliphatic hydroxyl groups excluding tert-OH is 1. The number of fused-ring (bicyclic) bond motifs is 1. The number of carboxylic acids is 1. The molecule has 0 bridgehead atoms. The molecule has 0 aliphatic carbocycles. The van der Waals surface area contributed by atoms with Crippen molar-refractivity contribution in [3.8, 4) is 11.5 Å². The fourth-order valence-corrected chi connectivity index (χ4v) is 2.62. The first-order valence-electron chi connectivity index (χ1n) is 6.66. The molecule has 2 aliphatic heterocycles. The molecule has 0 aromatic heterocycles. The van der Waals surface area contributed by atoms with Gasteiger partial charge in [0.1, 0.15) is 12.6 Å². The zero-order chi connectivity index (χ0) is 15.0. The second-order valence-electron chi connectivity index (χ2n) is 5.10. The van der Waals surface area contributed by atoms with Crippen molar-refractivity contribution < 1.29 is 29.3 Å². The summed E-state index contributed by atoms with van der Waals surface area (Å²) in [5.74, 6) is -0.600. The normalized spacial score (nSPS) is 27.5. The molecule has 3 rings (SSSR count). The second kappa shape index (κ2) is 5.25. The Hall–Kier alpha value is -2.28. The van der Waals surface area contributed by atoms with Crippen molar-refractivity contribution in [1.82, 2.24) is 4.90 Å². The van der Waals surface area contributed by atoms with E-state index < -0.39 is 30.1 Å². The number of amides is 1. The lowest BCUT2D eigenvalue weighted by molar-refractivity contribution is -0.152. The molecule has 1 saturated heterocycles. The SMILES string of the molecule is O=C(O)[C@H]1C[C@@H](O)CN1C(=O)C1COc2ccccc2O1. The molecule has 0 spiro atoms. The summed E-state index contributed by atoms with van der Waals surface area (Å²) in [6, 6.07) is 5.95. The largest absolute Gasteiger partial charge is 0.485 e. The van der Waals surface area contributed by atoms with E-state index in [4.69, 9.17) is 14.6 Å². The molecule has 2 heterocycles. The summed E-state index contributed by atoms with van der Waals surface area (Å²) in [5.41, 5.74) is 0. The Morgan fingerprint density at radius 2 is 1.95 bits per heavy atom. The van der Waals surface area contributed by atoms with Crippen molar-refractivity contribution in [2.24, 2.45) is 0 Å². The molecule has 3 atom stereocenters. The highest BCUT2D eigenvalue weighted by molar-refractivity contribution is 5.87. The van der Waals surface area contributed by atoms with Crippen LogP contribution >= 0.6 is 0 Å².